The molecule has 0 unspecified atom stereocenters. The van der Waals surface area contributed by atoms with Crippen molar-refractivity contribution in [2.45, 2.75) is 38.5 Å². The minimum Gasteiger partial charge on any atom is -0.310 e. The first-order valence-electron chi connectivity index (χ1n) is 23.7. The molecule has 14 rings (SSSR count). The molecule has 2 aliphatic carbocycles. The number of hydrogen-bond acceptors (Lipinski definition) is 2. The molecule has 0 fully saturated rings. The van der Waals surface area contributed by atoms with Crippen LogP contribution >= 0.6 is 0 Å². The summed E-state index contributed by atoms with van der Waals surface area (Å²) in [6, 6.07) is 69.2. The summed E-state index contributed by atoms with van der Waals surface area (Å²) < 4.78 is 0. The van der Waals surface area contributed by atoms with Gasteiger partial charge in [0.1, 0.15) is 0 Å². The second-order valence-corrected chi connectivity index (χ2v) is 18.6. The third-order valence-corrected chi connectivity index (χ3v) is 14.9. The quantitative estimate of drug-likeness (QED) is 0.163. The number of allylic oxidation sites excluding steroid dienone is 4. The lowest BCUT2D eigenvalue weighted by atomic mass is 9.81. The Bertz CT molecular complexity index is 3740. The first-order valence-corrected chi connectivity index (χ1v) is 23.7. The standard InChI is InChI=1S/C64H46N2/c1-7-23-49-41(16-1)22-15-27-53(49)63-54-34-32-48(66-61-30-13-5-20-45(61)37-46-21-6-14-31-62(46)66)40-58(54)64(56-38-42-17-2-8-24-50(42)51-25-9-10-26-52(51)56)55-35-33-47(39-57(55)63)65-59-28-11-3-18-43(59)36-44-19-4-12-29-60(44)65/h1,3-5,7-16,18-20,22-35,38-40H,2,6,17,21,36-37H2. The Kier molecular flexibility index (Phi) is 8.40. The number of fused-ring (bicyclic) bond motifs is 9. The van der Waals surface area contributed by atoms with Gasteiger partial charge in [-0.05, 0) is 185 Å². The van der Waals surface area contributed by atoms with Crippen LogP contribution in [0, 0.1) is 0 Å². The van der Waals surface area contributed by atoms with E-state index in [2.05, 4.69) is 216 Å². The minimum absolute atomic E-state index is 0.922. The molecule has 0 saturated heterocycles. The molecule has 0 radical (unpaired) electrons. The van der Waals surface area contributed by atoms with E-state index >= 15 is 0 Å². The molecule has 10 aromatic carbocycles. The van der Waals surface area contributed by atoms with Crippen molar-refractivity contribution in [3.8, 4) is 22.3 Å². The number of rotatable bonds is 4. The van der Waals surface area contributed by atoms with Gasteiger partial charge >= 0.3 is 0 Å². The number of hydrogen-bond donors (Lipinski definition) is 0. The van der Waals surface area contributed by atoms with Crippen LogP contribution in [0.15, 0.2) is 211 Å². The zero-order valence-electron chi connectivity index (χ0n) is 36.8. The van der Waals surface area contributed by atoms with Gasteiger partial charge in [0.2, 0.25) is 0 Å². The molecule has 2 heterocycles. The van der Waals surface area contributed by atoms with Crippen molar-refractivity contribution in [1.29, 1.82) is 0 Å². The lowest BCUT2D eigenvalue weighted by Gasteiger charge is -2.36. The lowest BCUT2D eigenvalue weighted by molar-refractivity contribution is 0.857. The fourth-order valence-electron chi connectivity index (χ4n) is 12.0. The summed E-state index contributed by atoms with van der Waals surface area (Å²) >= 11 is 0. The van der Waals surface area contributed by atoms with Crippen LogP contribution < -0.4 is 9.80 Å². The van der Waals surface area contributed by atoms with Crippen molar-refractivity contribution in [1.82, 2.24) is 0 Å². The Hall–Kier alpha value is -7.94. The van der Waals surface area contributed by atoms with E-state index in [-0.39, 0.29) is 0 Å². The van der Waals surface area contributed by atoms with E-state index in [4.69, 9.17) is 0 Å². The third-order valence-electron chi connectivity index (χ3n) is 14.9. The summed E-state index contributed by atoms with van der Waals surface area (Å²) in [7, 11) is 0. The monoisotopic (exact) mass is 842 g/mol. The fraction of sp³-hybridized carbons (Fsp3) is 0.0938. The molecule has 2 heteroatoms. The van der Waals surface area contributed by atoms with Crippen LogP contribution in [0.5, 0.6) is 0 Å². The predicted molar refractivity (Wildman–Crippen MR) is 280 cm³/mol. The molecular weight excluding hydrogens is 797 g/mol. The molecule has 0 bridgehead atoms. The maximum absolute atomic E-state index is 2.55. The molecular formula is C64H46N2. The van der Waals surface area contributed by atoms with Crippen molar-refractivity contribution in [3.63, 3.8) is 0 Å². The van der Waals surface area contributed by atoms with E-state index in [0.29, 0.717) is 0 Å². The summed E-state index contributed by atoms with van der Waals surface area (Å²) in [5.74, 6) is 0. The smallest absolute Gasteiger partial charge is 0.0497 e. The average molecular weight is 843 g/mol. The second kappa shape index (κ2) is 14.8. The Morgan fingerprint density at radius 2 is 0.909 bits per heavy atom. The van der Waals surface area contributed by atoms with E-state index in [1.54, 1.807) is 0 Å². The zero-order valence-corrected chi connectivity index (χ0v) is 36.8. The maximum atomic E-state index is 2.55. The third kappa shape index (κ3) is 5.67. The van der Waals surface area contributed by atoms with Gasteiger partial charge in [-0.15, -0.1) is 0 Å². The van der Waals surface area contributed by atoms with Gasteiger partial charge < -0.3 is 9.80 Å². The molecule has 10 aromatic rings. The van der Waals surface area contributed by atoms with E-state index in [9.17, 15) is 0 Å². The van der Waals surface area contributed by atoms with Crippen LogP contribution in [0.4, 0.5) is 28.4 Å². The van der Waals surface area contributed by atoms with E-state index in [0.717, 1.165) is 38.5 Å². The van der Waals surface area contributed by atoms with Gasteiger partial charge in [0.15, 0.2) is 0 Å². The summed E-state index contributed by atoms with van der Waals surface area (Å²) in [4.78, 5) is 5.06. The van der Waals surface area contributed by atoms with Crippen molar-refractivity contribution in [2.75, 3.05) is 9.80 Å². The number of benzene rings is 10. The van der Waals surface area contributed by atoms with Crippen molar-refractivity contribution in [2.24, 2.45) is 0 Å². The highest BCUT2D eigenvalue weighted by Gasteiger charge is 2.30. The summed E-state index contributed by atoms with van der Waals surface area (Å²) in [5, 5.41) is 10.2. The molecule has 0 N–H and O–H groups in total. The van der Waals surface area contributed by atoms with Crippen LogP contribution in [-0.4, -0.2) is 0 Å². The summed E-state index contributed by atoms with van der Waals surface area (Å²) in [6.07, 6.45) is 15.7. The summed E-state index contributed by atoms with van der Waals surface area (Å²) in [6.45, 7) is 0. The largest absolute Gasteiger partial charge is 0.310 e. The Balaban J connectivity index is 1.14. The van der Waals surface area contributed by atoms with E-state index in [1.807, 2.05) is 0 Å². The van der Waals surface area contributed by atoms with E-state index in [1.165, 1.54) is 133 Å². The second-order valence-electron chi connectivity index (χ2n) is 18.6. The molecule has 2 nitrogen and oxygen atoms in total. The summed E-state index contributed by atoms with van der Waals surface area (Å²) in [5.41, 5.74) is 21.0. The van der Waals surface area contributed by atoms with Crippen LogP contribution in [-0.2, 0) is 19.3 Å². The normalized spacial score (nSPS) is 15.0. The number of para-hydroxylation sites is 3. The first-order chi connectivity index (χ1) is 32.7. The van der Waals surface area contributed by atoms with Gasteiger partial charge in [-0.3, -0.25) is 0 Å². The van der Waals surface area contributed by atoms with Gasteiger partial charge in [0, 0.05) is 40.6 Å². The number of nitrogens with zero attached hydrogens (tertiary/aromatic N) is 2. The van der Waals surface area contributed by atoms with Crippen molar-refractivity contribution >= 4 is 77.6 Å². The van der Waals surface area contributed by atoms with Crippen LogP contribution in [0.1, 0.15) is 47.1 Å². The Morgan fingerprint density at radius 1 is 0.348 bits per heavy atom. The number of aryl methyl sites for hydroxylation is 1. The molecule has 0 saturated carbocycles. The van der Waals surface area contributed by atoms with E-state index < -0.39 is 0 Å². The maximum Gasteiger partial charge on any atom is 0.0497 e. The van der Waals surface area contributed by atoms with Gasteiger partial charge in [0.25, 0.3) is 0 Å². The van der Waals surface area contributed by atoms with Gasteiger partial charge in [-0.1, -0.05) is 152 Å². The molecule has 0 aromatic heterocycles. The lowest BCUT2D eigenvalue weighted by Crippen LogP contribution is -2.24. The highest BCUT2D eigenvalue weighted by molar-refractivity contribution is 6.26. The molecule has 4 aliphatic rings. The zero-order chi connectivity index (χ0) is 43.3. The van der Waals surface area contributed by atoms with Crippen molar-refractivity contribution < 1.29 is 0 Å². The Morgan fingerprint density at radius 3 is 1.65 bits per heavy atom. The van der Waals surface area contributed by atoms with Gasteiger partial charge in [-0.25, -0.2) is 0 Å². The Labute approximate surface area is 385 Å². The van der Waals surface area contributed by atoms with Crippen LogP contribution in [0.25, 0.3) is 71.4 Å². The SMILES string of the molecule is C1=CC2=C(CC1)Cc1ccccc1N2c1ccc2c(-c3cccc4ccccc34)c3cc(N4c5ccccc5Cc5ccccc54)ccc3c(-c3cc4c(c5ccccc35)C=CCC4)c2c1. The highest BCUT2D eigenvalue weighted by Crippen LogP contribution is 2.52. The fourth-order valence-corrected chi connectivity index (χ4v) is 12.0. The molecule has 2 aliphatic heterocycles. The average Bonchev–Trinajstić information content (AvgIpc) is 3.38. The van der Waals surface area contributed by atoms with Gasteiger partial charge in [-0.2, -0.15) is 0 Å². The molecule has 0 amide bonds. The van der Waals surface area contributed by atoms with Gasteiger partial charge in [0.05, 0.1) is 0 Å². The molecule has 312 valence electrons. The van der Waals surface area contributed by atoms with Crippen LogP contribution in [0.2, 0.25) is 0 Å². The molecule has 66 heavy (non-hydrogen) atoms. The minimum atomic E-state index is 0.922. The topological polar surface area (TPSA) is 6.48 Å². The van der Waals surface area contributed by atoms with Crippen LogP contribution in [0.3, 0.4) is 0 Å². The molecule has 0 atom stereocenters. The van der Waals surface area contributed by atoms with Crippen molar-refractivity contribution in [3.05, 3.63) is 239 Å². The first kappa shape index (κ1) is 37.4. The highest BCUT2D eigenvalue weighted by atomic mass is 15.2. The number of anilines is 5. The molecule has 0 spiro atoms. The predicted octanol–water partition coefficient (Wildman–Crippen LogP) is 17.3.